The summed E-state index contributed by atoms with van der Waals surface area (Å²) in [6, 6.07) is 4.37. The molecular formula is C13H21ClN2OS. The number of halogens is 1. The Hall–Kier alpha value is -0.130. The molecule has 1 aliphatic rings. The number of nitrogens with zero attached hydrogens (tertiary/aromatic N) is 1. The molecule has 0 aromatic carbocycles. The maximum Gasteiger partial charge on any atom is 0.0931 e. The Morgan fingerprint density at radius 1 is 1.61 bits per heavy atom. The van der Waals surface area contributed by atoms with Gasteiger partial charge in [-0.25, -0.2) is 0 Å². The summed E-state index contributed by atoms with van der Waals surface area (Å²) in [7, 11) is 0. The molecule has 1 saturated heterocycles. The molecule has 0 bridgehead atoms. The molecule has 1 aliphatic heterocycles. The van der Waals surface area contributed by atoms with Crippen LogP contribution >= 0.6 is 22.9 Å². The Kier molecular flexibility index (Phi) is 5.04. The van der Waals surface area contributed by atoms with E-state index in [-0.39, 0.29) is 18.7 Å². The van der Waals surface area contributed by atoms with Gasteiger partial charge in [-0.15, -0.1) is 11.3 Å². The molecule has 3 atom stereocenters. The topological polar surface area (TPSA) is 49.5 Å². The van der Waals surface area contributed by atoms with Crippen molar-refractivity contribution in [2.24, 2.45) is 11.7 Å². The Balaban J connectivity index is 2.07. The molecule has 2 rings (SSSR count). The van der Waals surface area contributed by atoms with Crippen molar-refractivity contribution in [1.82, 2.24) is 4.90 Å². The highest BCUT2D eigenvalue weighted by Crippen LogP contribution is 2.35. The maximum atomic E-state index is 9.02. The average molecular weight is 289 g/mol. The molecule has 0 aliphatic carbocycles. The second-order valence-corrected chi connectivity index (χ2v) is 6.85. The highest BCUT2D eigenvalue weighted by Gasteiger charge is 2.31. The summed E-state index contributed by atoms with van der Waals surface area (Å²) < 4.78 is 0.821. The monoisotopic (exact) mass is 288 g/mol. The maximum absolute atomic E-state index is 9.02. The van der Waals surface area contributed by atoms with Crippen LogP contribution < -0.4 is 5.73 Å². The number of rotatable bonds is 5. The highest BCUT2D eigenvalue weighted by atomic mass is 35.5. The normalized spacial score (nSPS) is 24.3. The second kappa shape index (κ2) is 6.35. The third kappa shape index (κ3) is 3.25. The zero-order chi connectivity index (χ0) is 13.1. The fourth-order valence-corrected chi connectivity index (χ4v) is 4.10. The predicted octanol–water partition coefficient (Wildman–Crippen LogP) is 2.49. The third-order valence-electron chi connectivity index (χ3n) is 3.63. The molecule has 1 aromatic heterocycles. The lowest BCUT2D eigenvalue weighted by atomic mass is 10.1. The summed E-state index contributed by atoms with van der Waals surface area (Å²) in [5, 5.41) is 9.02. The Bertz CT molecular complexity index is 383. The van der Waals surface area contributed by atoms with Crippen LogP contribution in [0.4, 0.5) is 0 Å². The lowest BCUT2D eigenvalue weighted by Gasteiger charge is -2.30. The highest BCUT2D eigenvalue weighted by molar-refractivity contribution is 7.16. The predicted molar refractivity (Wildman–Crippen MR) is 77.1 cm³/mol. The van der Waals surface area contributed by atoms with Crippen molar-refractivity contribution in [3.63, 3.8) is 0 Å². The van der Waals surface area contributed by atoms with Gasteiger partial charge in [-0.3, -0.25) is 4.90 Å². The van der Waals surface area contributed by atoms with Crippen molar-refractivity contribution >= 4 is 22.9 Å². The molecule has 1 fully saturated rings. The molecule has 0 spiro atoms. The molecule has 5 heteroatoms. The van der Waals surface area contributed by atoms with Crippen LogP contribution in [0.2, 0.25) is 4.34 Å². The quantitative estimate of drug-likeness (QED) is 0.875. The van der Waals surface area contributed by atoms with Gasteiger partial charge in [-0.1, -0.05) is 11.6 Å². The SMILES string of the molecule is CC(N)C(c1ccc(Cl)s1)N1CCC(CCO)C1. The van der Waals surface area contributed by atoms with Gasteiger partial charge in [0, 0.05) is 24.1 Å². The van der Waals surface area contributed by atoms with E-state index in [2.05, 4.69) is 17.9 Å². The third-order valence-corrected chi connectivity index (χ3v) is 4.93. The van der Waals surface area contributed by atoms with Crippen LogP contribution in [0.3, 0.4) is 0 Å². The van der Waals surface area contributed by atoms with Crippen LogP contribution in [0.1, 0.15) is 30.7 Å². The van der Waals surface area contributed by atoms with Crippen LogP contribution in [-0.4, -0.2) is 35.7 Å². The van der Waals surface area contributed by atoms with E-state index in [0.29, 0.717) is 5.92 Å². The first kappa shape index (κ1) is 14.3. The van der Waals surface area contributed by atoms with Crippen LogP contribution in [0.15, 0.2) is 12.1 Å². The number of hydrogen-bond donors (Lipinski definition) is 2. The number of nitrogens with two attached hydrogens (primary N) is 1. The largest absolute Gasteiger partial charge is 0.396 e. The average Bonchev–Trinajstić information content (AvgIpc) is 2.90. The van der Waals surface area contributed by atoms with Gasteiger partial charge in [0.15, 0.2) is 0 Å². The van der Waals surface area contributed by atoms with Crippen molar-refractivity contribution in [1.29, 1.82) is 0 Å². The van der Waals surface area contributed by atoms with E-state index in [1.165, 1.54) is 4.88 Å². The van der Waals surface area contributed by atoms with E-state index in [0.717, 1.165) is 30.3 Å². The standard InChI is InChI=1S/C13H21ClN2OS/c1-9(15)13(11-2-3-12(14)18-11)16-6-4-10(8-16)5-7-17/h2-3,9-10,13,17H,4-8,15H2,1H3. The molecule has 3 nitrogen and oxygen atoms in total. The van der Waals surface area contributed by atoms with Crippen LogP contribution in [0, 0.1) is 5.92 Å². The van der Waals surface area contributed by atoms with Gasteiger partial charge in [0.25, 0.3) is 0 Å². The number of hydrogen-bond acceptors (Lipinski definition) is 4. The molecule has 0 saturated carbocycles. The number of aliphatic hydroxyl groups excluding tert-OH is 1. The summed E-state index contributed by atoms with van der Waals surface area (Å²) in [6.45, 7) is 4.43. The Morgan fingerprint density at radius 3 is 2.94 bits per heavy atom. The van der Waals surface area contributed by atoms with Crippen molar-refractivity contribution in [2.45, 2.75) is 31.8 Å². The van der Waals surface area contributed by atoms with Gasteiger partial charge in [-0.2, -0.15) is 0 Å². The van der Waals surface area contributed by atoms with E-state index in [1.54, 1.807) is 11.3 Å². The van der Waals surface area contributed by atoms with E-state index < -0.39 is 0 Å². The van der Waals surface area contributed by atoms with Gasteiger partial charge < -0.3 is 10.8 Å². The molecule has 2 heterocycles. The molecule has 102 valence electrons. The van der Waals surface area contributed by atoms with Crippen molar-refractivity contribution < 1.29 is 5.11 Å². The zero-order valence-corrected chi connectivity index (χ0v) is 12.3. The molecule has 3 unspecified atom stereocenters. The molecule has 3 N–H and O–H groups in total. The Labute approximate surface area is 118 Å². The smallest absolute Gasteiger partial charge is 0.0931 e. The number of aliphatic hydroxyl groups is 1. The first-order valence-electron chi connectivity index (χ1n) is 6.47. The van der Waals surface area contributed by atoms with Crippen LogP contribution in [0.25, 0.3) is 0 Å². The van der Waals surface area contributed by atoms with Gasteiger partial charge in [0.1, 0.15) is 0 Å². The molecule has 0 amide bonds. The van der Waals surface area contributed by atoms with E-state index in [4.69, 9.17) is 22.4 Å². The van der Waals surface area contributed by atoms with Gasteiger partial charge in [-0.05, 0) is 44.4 Å². The van der Waals surface area contributed by atoms with Crippen molar-refractivity contribution in [2.75, 3.05) is 19.7 Å². The molecule has 1 aromatic rings. The van der Waals surface area contributed by atoms with Crippen molar-refractivity contribution in [3.8, 4) is 0 Å². The Morgan fingerprint density at radius 2 is 2.39 bits per heavy atom. The molecular weight excluding hydrogens is 268 g/mol. The van der Waals surface area contributed by atoms with Gasteiger partial charge in [0.05, 0.1) is 10.4 Å². The fraction of sp³-hybridized carbons (Fsp3) is 0.692. The minimum atomic E-state index is 0.0904. The summed E-state index contributed by atoms with van der Waals surface area (Å²) in [5.74, 6) is 0.603. The fourth-order valence-electron chi connectivity index (χ4n) is 2.79. The summed E-state index contributed by atoms with van der Waals surface area (Å²) >= 11 is 7.64. The first-order chi connectivity index (χ1) is 8.61. The summed E-state index contributed by atoms with van der Waals surface area (Å²) in [4.78, 5) is 3.69. The first-order valence-corrected chi connectivity index (χ1v) is 7.67. The lowest BCUT2D eigenvalue weighted by molar-refractivity contribution is 0.203. The van der Waals surface area contributed by atoms with Crippen LogP contribution in [-0.2, 0) is 0 Å². The zero-order valence-electron chi connectivity index (χ0n) is 10.7. The lowest BCUT2D eigenvalue weighted by Crippen LogP contribution is -2.37. The van der Waals surface area contributed by atoms with Crippen LogP contribution in [0.5, 0.6) is 0 Å². The minimum absolute atomic E-state index is 0.0904. The number of thiophene rings is 1. The second-order valence-electron chi connectivity index (χ2n) is 5.11. The summed E-state index contributed by atoms with van der Waals surface area (Å²) in [6.07, 6.45) is 2.05. The van der Waals surface area contributed by atoms with E-state index in [9.17, 15) is 0 Å². The van der Waals surface area contributed by atoms with E-state index >= 15 is 0 Å². The number of likely N-dealkylation sites (tertiary alicyclic amines) is 1. The van der Waals surface area contributed by atoms with E-state index in [1.807, 2.05) is 6.07 Å². The molecule has 0 radical (unpaired) electrons. The minimum Gasteiger partial charge on any atom is -0.396 e. The summed E-state index contributed by atoms with van der Waals surface area (Å²) in [5.41, 5.74) is 6.15. The molecule has 18 heavy (non-hydrogen) atoms. The van der Waals surface area contributed by atoms with Crippen molar-refractivity contribution in [3.05, 3.63) is 21.3 Å². The van der Waals surface area contributed by atoms with Gasteiger partial charge >= 0.3 is 0 Å². The van der Waals surface area contributed by atoms with Gasteiger partial charge in [0.2, 0.25) is 0 Å².